The Balaban J connectivity index is 2.25. The summed E-state index contributed by atoms with van der Waals surface area (Å²) in [5.41, 5.74) is 0.813. The third-order valence-corrected chi connectivity index (χ3v) is 4.37. The van der Waals surface area contributed by atoms with E-state index in [0.717, 1.165) is 0 Å². The normalized spacial score (nSPS) is 14.1. The van der Waals surface area contributed by atoms with Crippen molar-refractivity contribution in [2.75, 3.05) is 0 Å². The summed E-state index contributed by atoms with van der Waals surface area (Å²) in [4.78, 5) is 13.8. The summed E-state index contributed by atoms with van der Waals surface area (Å²) < 4.78 is 5.05. The number of halogens is 2. The summed E-state index contributed by atoms with van der Waals surface area (Å²) >= 11 is 12.6. The quantitative estimate of drug-likeness (QED) is 0.748. The molecule has 0 bridgehead atoms. The molecule has 0 aliphatic carbocycles. The van der Waals surface area contributed by atoms with Crippen molar-refractivity contribution in [3.05, 3.63) is 81.5 Å². The third kappa shape index (κ3) is 2.67. The standard InChI is InChI=1S/C17H13Cl2NO3/c1-3-17(22,15-11(18)6-9(2)7-12(15)19)10-4-5-13-14(8-10)23-16(21)20-13/h4-8,22H,1-3H2,(H,20,21). The van der Waals surface area contributed by atoms with E-state index in [4.69, 9.17) is 27.6 Å². The molecule has 118 valence electrons. The van der Waals surface area contributed by atoms with Crippen LogP contribution in [-0.2, 0) is 5.60 Å². The molecule has 0 spiro atoms. The second-order valence-electron chi connectivity index (χ2n) is 5.27. The highest BCUT2D eigenvalue weighted by atomic mass is 35.5. The maximum absolute atomic E-state index is 11.3. The molecule has 6 heteroatoms. The lowest BCUT2D eigenvalue weighted by Crippen LogP contribution is -2.27. The van der Waals surface area contributed by atoms with E-state index in [1.54, 1.807) is 30.3 Å². The minimum Gasteiger partial charge on any atom is -0.408 e. The Kier molecular flexibility index (Phi) is 4.00. The summed E-state index contributed by atoms with van der Waals surface area (Å²) in [6.07, 6.45) is 0.0864. The maximum atomic E-state index is 11.3. The van der Waals surface area contributed by atoms with E-state index in [2.05, 4.69) is 18.8 Å². The number of hydrogen-bond donors (Lipinski definition) is 2. The number of aliphatic hydroxyl groups is 1. The van der Waals surface area contributed by atoms with Crippen molar-refractivity contribution in [2.45, 2.75) is 12.0 Å². The number of hydrogen-bond acceptors (Lipinski definition) is 3. The smallest absolute Gasteiger partial charge is 0.408 e. The van der Waals surface area contributed by atoms with Crippen LogP contribution in [0.3, 0.4) is 0 Å². The predicted octanol–water partition coefficient (Wildman–Crippen LogP) is 4.07. The van der Waals surface area contributed by atoms with E-state index in [1.807, 2.05) is 0 Å². The summed E-state index contributed by atoms with van der Waals surface area (Å²) in [6.45, 7) is 7.61. The van der Waals surface area contributed by atoms with Gasteiger partial charge in [-0.1, -0.05) is 29.3 Å². The summed E-state index contributed by atoms with van der Waals surface area (Å²) in [7, 11) is 0. The molecule has 2 aromatic carbocycles. The van der Waals surface area contributed by atoms with Gasteiger partial charge < -0.3 is 9.52 Å². The zero-order valence-electron chi connectivity index (χ0n) is 12.0. The lowest BCUT2D eigenvalue weighted by Gasteiger charge is -2.30. The molecular formula is C17H13Cl2NO3. The molecule has 1 atom stereocenters. The highest BCUT2D eigenvalue weighted by Crippen LogP contribution is 2.42. The minimum absolute atomic E-state index is 0.0864. The second kappa shape index (κ2) is 5.71. The molecule has 0 saturated carbocycles. The number of rotatable bonds is 3. The first-order valence-electron chi connectivity index (χ1n) is 6.81. The van der Waals surface area contributed by atoms with Gasteiger partial charge in [0.1, 0.15) is 5.60 Å². The van der Waals surface area contributed by atoms with Crippen LogP contribution in [0.25, 0.3) is 11.1 Å². The van der Waals surface area contributed by atoms with Crippen molar-refractivity contribution in [3.8, 4) is 0 Å². The van der Waals surface area contributed by atoms with Crippen LogP contribution in [0.15, 0.2) is 39.5 Å². The first-order valence-corrected chi connectivity index (χ1v) is 7.57. The predicted molar refractivity (Wildman–Crippen MR) is 90.7 cm³/mol. The second-order valence-corrected chi connectivity index (χ2v) is 6.08. The van der Waals surface area contributed by atoms with E-state index in [9.17, 15) is 9.90 Å². The fourth-order valence-electron chi connectivity index (χ4n) is 2.64. The van der Waals surface area contributed by atoms with Gasteiger partial charge in [0, 0.05) is 15.6 Å². The molecule has 23 heavy (non-hydrogen) atoms. The third-order valence-electron chi connectivity index (χ3n) is 3.78. The van der Waals surface area contributed by atoms with Gasteiger partial charge in [-0.3, -0.25) is 4.98 Å². The lowest BCUT2D eigenvalue weighted by molar-refractivity contribution is 0.0836. The van der Waals surface area contributed by atoms with Crippen LogP contribution >= 0.6 is 23.2 Å². The number of H-pyrrole nitrogens is 1. The van der Waals surface area contributed by atoms with Crippen LogP contribution in [0.2, 0.25) is 10.0 Å². The Morgan fingerprint density at radius 1 is 1.22 bits per heavy atom. The van der Waals surface area contributed by atoms with Gasteiger partial charge in [0.05, 0.1) is 5.52 Å². The zero-order chi connectivity index (χ0) is 16.8. The van der Waals surface area contributed by atoms with E-state index < -0.39 is 11.4 Å². The van der Waals surface area contributed by atoms with Crippen molar-refractivity contribution in [1.82, 2.24) is 4.98 Å². The number of aromatic nitrogens is 1. The molecule has 0 amide bonds. The number of oxazole rings is 1. The van der Waals surface area contributed by atoms with Gasteiger partial charge in [-0.15, -0.1) is 0 Å². The lowest BCUT2D eigenvalue weighted by atomic mass is 9.83. The Bertz CT molecular complexity index is 921. The first kappa shape index (κ1) is 16.1. The molecule has 1 heterocycles. The molecule has 0 fully saturated rings. The molecule has 1 aromatic heterocycles. The molecule has 3 rings (SSSR count). The Morgan fingerprint density at radius 2 is 1.87 bits per heavy atom. The largest absolute Gasteiger partial charge is 0.417 e. The average molecular weight is 350 g/mol. The number of nitrogens with one attached hydrogen (secondary N) is 1. The first-order chi connectivity index (χ1) is 10.8. The summed E-state index contributed by atoms with van der Waals surface area (Å²) in [5, 5.41) is 11.8. The monoisotopic (exact) mass is 349 g/mol. The van der Waals surface area contributed by atoms with Gasteiger partial charge in [0.2, 0.25) is 0 Å². The molecule has 0 aliphatic heterocycles. The van der Waals surface area contributed by atoms with Crippen molar-refractivity contribution in [3.63, 3.8) is 0 Å². The Morgan fingerprint density at radius 3 is 2.48 bits per heavy atom. The van der Waals surface area contributed by atoms with Crippen LogP contribution < -0.4 is 5.76 Å². The average Bonchev–Trinajstić information content (AvgIpc) is 2.84. The van der Waals surface area contributed by atoms with E-state index in [1.165, 1.54) is 0 Å². The van der Waals surface area contributed by atoms with Crippen molar-refractivity contribution in [1.29, 1.82) is 0 Å². The molecule has 3 aromatic rings. The molecule has 0 aliphatic rings. The van der Waals surface area contributed by atoms with Crippen LogP contribution in [0.5, 0.6) is 0 Å². The van der Waals surface area contributed by atoms with Gasteiger partial charge in [-0.05, 0) is 55.7 Å². The Labute approximate surface area is 142 Å². The summed E-state index contributed by atoms with van der Waals surface area (Å²) in [6, 6.07) is 8.14. The van der Waals surface area contributed by atoms with Gasteiger partial charge in [0.15, 0.2) is 5.58 Å². The van der Waals surface area contributed by atoms with Crippen LogP contribution in [0.4, 0.5) is 0 Å². The van der Waals surface area contributed by atoms with E-state index in [0.29, 0.717) is 37.8 Å². The highest BCUT2D eigenvalue weighted by Gasteiger charge is 2.34. The van der Waals surface area contributed by atoms with Gasteiger partial charge in [-0.2, -0.15) is 0 Å². The summed E-state index contributed by atoms with van der Waals surface area (Å²) in [5.74, 6) is -0.562. The molecule has 1 unspecified atom stereocenters. The zero-order valence-corrected chi connectivity index (χ0v) is 13.5. The molecule has 2 N–H and O–H groups in total. The fourth-order valence-corrected chi connectivity index (χ4v) is 3.48. The number of aromatic amines is 1. The van der Waals surface area contributed by atoms with E-state index in [-0.39, 0.29) is 6.42 Å². The Hall–Kier alpha value is -1.75. The topological polar surface area (TPSA) is 66.2 Å². The molecule has 4 nitrogen and oxygen atoms in total. The van der Waals surface area contributed by atoms with Crippen molar-refractivity contribution < 1.29 is 9.52 Å². The van der Waals surface area contributed by atoms with E-state index >= 15 is 0 Å². The number of benzene rings is 2. The van der Waals surface area contributed by atoms with Crippen molar-refractivity contribution in [2.24, 2.45) is 0 Å². The van der Waals surface area contributed by atoms with Crippen molar-refractivity contribution >= 4 is 34.3 Å². The van der Waals surface area contributed by atoms with Gasteiger partial charge in [-0.25, -0.2) is 4.79 Å². The van der Waals surface area contributed by atoms with Crippen LogP contribution in [-0.4, -0.2) is 10.1 Å². The minimum atomic E-state index is -1.52. The van der Waals surface area contributed by atoms with Crippen LogP contribution in [0, 0.1) is 13.8 Å². The molecule has 2 radical (unpaired) electrons. The highest BCUT2D eigenvalue weighted by molar-refractivity contribution is 6.36. The molecular weight excluding hydrogens is 337 g/mol. The van der Waals surface area contributed by atoms with Gasteiger partial charge in [0.25, 0.3) is 0 Å². The fraction of sp³-hybridized carbons (Fsp3) is 0.118. The number of fused-ring (bicyclic) bond motifs is 1. The SMILES string of the molecule is [CH2]CC(O)(c1ccc2[nH]c(=O)oc2c1)c1c(Cl)cc([CH2])cc1Cl. The van der Waals surface area contributed by atoms with Crippen LogP contribution in [0.1, 0.15) is 23.1 Å². The molecule has 0 saturated heterocycles. The maximum Gasteiger partial charge on any atom is 0.417 e. The van der Waals surface area contributed by atoms with Gasteiger partial charge >= 0.3 is 5.76 Å².